The second-order valence-corrected chi connectivity index (χ2v) is 22.8. The maximum absolute atomic E-state index is 9.55. The van der Waals surface area contributed by atoms with Crippen LogP contribution in [0.2, 0.25) is 17.2 Å². The van der Waals surface area contributed by atoms with Crippen LogP contribution in [0.4, 0.5) is 0 Å². The molecular formula is C23H48O2Sn. The van der Waals surface area contributed by atoms with Crippen LogP contribution >= 0.6 is 0 Å². The normalized spacial score (nSPS) is 16.2. The molecule has 0 bridgehead atoms. The summed E-state index contributed by atoms with van der Waals surface area (Å²) in [5.41, 5.74) is 0. The van der Waals surface area contributed by atoms with Crippen LogP contribution in [-0.4, -0.2) is 35.7 Å². The average Bonchev–Trinajstić information content (AvgIpc) is 2.58. The zero-order valence-electron chi connectivity index (χ0n) is 18.9. The van der Waals surface area contributed by atoms with E-state index >= 15 is 0 Å². The molecule has 26 heavy (non-hydrogen) atoms. The Morgan fingerprint density at radius 2 is 1.31 bits per heavy atom. The van der Waals surface area contributed by atoms with E-state index in [0.29, 0.717) is 12.3 Å². The predicted molar refractivity (Wildman–Crippen MR) is 119 cm³/mol. The number of hydrogen-bond acceptors (Lipinski definition) is 2. The Kier molecular flexibility index (Phi) is 15.4. The van der Waals surface area contributed by atoms with E-state index < -0.39 is 18.4 Å². The molecule has 156 valence electrons. The van der Waals surface area contributed by atoms with E-state index in [-0.39, 0.29) is 12.2 Å². The fraction of sp³-hybridized carbons (Fsp3) is 0.913. The number of allylic oxidation sites excluding steroid dienone is 1. The number of unbranched alkanes of at least 4 members (excludes halogenated alkanes) is 3. The van der Waals surface area contributed by atoms with Gasteiger partial charge in [-0.25, -0.2) is 0 Å². The van der Waals surface area contributed by atoms with Gasteiger partial charge in [0.2, 0.25) is 0 Å². The fourth-order valence-corrected chi connectivity index (χ4v) is 23.9. The third-order valence-electron chi connectivity index (χ3n) is 5.78. The summed E-state index contributed by atoms with van der Waals surface area (Å²) in [7, 11) is 0. The summed E-state index contributed by atoms with van der Waals surface area (Å²) in [6.07, 6.45) is 13.2. The van der Waals surface area contributed by atoms with Crippen molar-refractivity contribution in [2.75, 3.05) is 0 Å². The molecule has 0 rings (SSSR count). The van der Waals surface area contributed by atoms with Gasteiger partial charge in [0.05, 0.1) is 0 Å². The summed E-state index contributed by atoms with van der Waals surface area (Å²) in [5.74, 6) is 0.711. The number of ether oxygens (including phenoxy) is 1. The van der Waals surface area contributed by atoms with E-state index in [0.717, 1.165) is 3.93 Å². The van der Waals surface area contributed by atoms with E-state index in [4.69, 9.17) is 4.74 Å². The Balaban J connectivity index is 5.37. The van der Waals surface area contributed by atoms with Crippen molar-refractivity contribution in [2.45, 2.75) is 123 Å². The van der Waals surface area contributed by atoms with E-state index in [2.05, 4.69) is 47.6 Å². The molecule has 0 aromatic rings. The van der Waals surface area contributed by atoms with Crippen LogP contribution in [0.5, 0.6) is 0 Å². The maximum atomic E-state index is 9.55. The molecule has 0 aliphatic rings. The van der Waals surface area contributed by atoms with Crippen molar-refractivity contribution < 1.29 is 9.84 Å². The summed E-state index contributed by atoms with van der Waals surface area (Å²) in [4.78, 5) is 0. The molecule has 0 aromatic carbocycles. The van der Waals surface area contributed by atoms with Gasteiger partial charge < -0.3 is 0 Å². The van der Waals surface area contributed by atoms with Gasteiger partial charge in [-0.3, -0.25) is 0 Å². The van der Waals surface area contributed by atoms with Crippen LogP contribution in [0.3, 0.4) is 0 Å². The molecule has 0 radical (unpaired) electrons. The topological polar surface area (TPSA) is 29.5 Å². The Labute approximate surface area is 169 Å². The molecule has 0 heterocycles. The first-order valence-corrected chi connectivity index (χ1v) is 19.0. The number of hydrogen-bond donors (Lipinski definition) is 1. The predicted octanol–water partition coefficient (Wildman–Crippen LogP) is 7.55. The molecule has 0 spiro atoms. The third-order valence-corrected chi connectivity index (χ3v) is 23.8. The molecule has 0 amide bonds. The van der Waals surface area contributed by atoms with Crippen LogP contribution in [0, 0.1) is 5.92 Å². The van der Waals surface area contributed by atoms with E-state index in [1.807, 2.05) is 13.2 Å². The Bertz CT molecular complexity index is 330. The van der Waals surface area contributed by atoms with Crippen molar-refractivity contribution in [1.29, 1.82) is 0 Å². The van der Waals surface area contributed by atoms with Crippen LogP contribution in [0.25, 0.3) is 0 Å². The molecule has 0 aliphatic carbocycles. The fourth-order valence-electron chi connectivity index (χ4n) is 4.40. The Morgan fingerprint density at radius 1 is 0.846 bits per heavy atom. The number of rotatable bonds is 16. The van der Waals surface area contributed by atoms with Crippen molar-refractivity contribution in [3.8, 4) is 0 Å². The first-order chi connectivity index (χ1) is 12.3. The number of aliphatic hydroxyl groups is 1. The van der Waals surface area contributed by atoms with Crippen molar-refractivity contribution in [3.05, 3.63) is 12.3 Å². The molecule has 0 fully saturated rings. The van der Waals surface area contributed by atoms with Gasteiger partial charge in [-0.05, 0) is 0 Å². The minimum absolute atomic E-state index is 0.0885. The van der Waals surface area contributed by atoms with Gasteiger partial charge in [-0.15, -0.1) is 0 Å². The average molecular weight is 475 g/mol. The quantitative estimate of drug-likeness (QED) is 0.185. The first kappa shape index (κ1) is 26.3. The summed E-state index contributed by atoms with van der Waals surface area (Å²) in [5, 5.41) is 9.55. The summed E-state index contributed by atoms with van der Waals surface area (Å²) in [6.45, 7) is 15.8. The molecule has 0 saturated carbocycles. The molecule has 0 aromatic heterocycles. The molecule has 1 unspecified atom stereocenters. The van der Waals surface area contributed by atoms with Crippen LogP contribution in [0.15, 0.2) is 12.3 Å². The van der Waals surface area contributed by atoms with Crippen LogP contribution in [-0.2, 0) is 4.74 Å². The summed E-state index contributed by atoms with van der Waals surface area (Å²) >= 11 is -2.28. The molecule has 0 saturated heterocycles. The van der Waals surface area contributed by atoms with Gasteiger partial charge >= 0.3 is 169 Å². The Hall–Kier alpha value is 0.299. The molecule has 0 aliphatic heterocycles. The molecule has 3 heteroatoms. The van der Waals surface area contributed by atoms with E-state index in [1.54, 1.807) is 13.3 Å². The SMILES string of the molecule is CCC[CH2][Sn]([CH2]CCC)([CH2]CCC)[CH](/C=C\O[C@H](C)C[C@@H](C)O)C(C)C. The van der Waals surface area contributed by atoms with Crippen molar-refractivity contribution in [3.63, 3.8) is 0 Å². The summed E-state index contributed by atoms with van der Waals surface area (Å²) < 4.78 is 11.3. The van der Waals surface area contributed by atoms with Gasteiger partial charge in [-0.2, -0.15) is 0 Å². The zero-order chi connectivity index (χ0) is 20.0. The van der Waals surface area contributed by atoms with Crippen molar-refractivity contribution >= 4 is 18.4 Å². The van der Waals surface area contributed by atoms with Gasteiger partial charge in [0, 0.05) is 0 Å². The standard InChI is InChI=1S/C11H21O2.3C4H9.Sn/c1-9(2)6-5-7-13-11(4)8-10(3)12;3*1-3-4-2;/h5-7,9-12H,8H2,1-4H3;3*1,3-4H2,2H3;/b7-5-;;;;/t10-,11-;;;;/m1..../s1. The van der Waals surface area contributed by atoms with Crippen LogP contribution in [0.1, 0.15) is 93.4 Å². The van der Waals surface area contributed by atoms with Gasteiger partial charge in [-0.1, -0.05) is 0 Å². The zero-order valence-corrected chi connectivity index (χ0v) is 21.7. The second kappa shape index (κ2) is 15.2. The third kappa shape index (κ3) is 10.6. The van der Waals surface area contributed by atoms with Crippen molar-refractivity contribution in [2.24, 2.45) is 5.92 Å². The molecular weight excluding hydrogens is 427 g/mol. The van der Waals surface area contributed by atoms with Crippen LogP contribution < -0.4 is 0 Å². The van der Waals surface area contributed by atoms with Crippen molar-refractivity contribution in [1.82, 2.24) is 0 Å². The van der Waals surface area contributed by atoms with Gasteiger partial charge in [0.1, 0.15) is 0 Å². The first-order valence-electron chi connectivity index (χ1n) is 11.3. The van der Waals surface area contributed by atoms with E-state index in [1.165, 1.54) is 38.5 Å². The van der Waals surface area contributed by atoms with Gasteiger partial charge in [0.25, 0.3) is 0 Å². The van der Waals surface area contributed by atoms with Gasteiger partial charge in [0.15, 0.2) is 0 Å². The molecule has 2 nitrogen and oxygen atoms in total. The number of aliphatic hydroxyl groups excluding tert-OH is 1. The second-order valence-electron chi connectivity index (χ2n) is 8.80. The van der Waals surface area contributed by atoms with E-state index in [9.17, 15) is 5.11 Å². The summed E-state index contributed by atoms with van der Waals surface area (Å²) in [6, 6.07) is 0. The molecule has 3 atom stereocenters. The Morgan fingerprint density at radius 3 is 1.65 bits per heavy atom. The monoisotopic (exact) mass is 476 g/mol. The molecule has 1 N–H and O–H groups in total. The minimum atomic E-state index is -2.28.